The molecule has 0 fully saturated rings. The summed E-state index contributed by atoms with van der Waals surface area (Å²) in [6, 6.07) is 12.8. The summed E-state index contributed by atoms with van der Waals surface area (Å²) in [4.78, 5) is 15.2. The Kier molecular flexibility index (Phi) is 5.25. The number of pyridine rings is 1. The summed E-state index contributed by atoms with van der Waals surface area (Å²) in [6.07, 6.45) is 2.60. The average molecular weight is 390 g/mol. The van der Waals surface area contributed by atoms with Crippen molar-refractivity contribution in [3.63, 3.8) is 0 Å². The predicted molar refractivity (Wildman–Crippen MR) is 100 cm³/mol. The van der Waals surface area contributed by atoms with Gasteiger partial charge in [0.2, 0.25) is 0 Å². The van der Waals surface area contributed by atoms with Gasteiger partial charge in [0.1, 0.15) is 16.4 Å². The van der Waals surface area contributed by atoms with Crippen molar-refractivity contribution >= 4 is 38.4 Å². The van der Waals surface area contributed by atoms with E-state index in [-0.39, 0.29) is 16.4 Å². The van der Waals surface area contributed by atoms with Crippen molar-refractivity contribution in [1.82, 2.24) is 4.98 Å². The summed E-state index contributed by atoms with van der Waals surface area (Å²) >= 11 is 6.09. The number of carbonyl (C=O) groups excluding carboxylic acids is 1. The minimum absolute atomic E-state index is 0.00524. The molecule has 7 heteroatoms. The molecule has 1 aromatic heterocycles. The number of rotatable bonds is 6. The highest BCUT2D eigenvalue weighted by molar-refractivity contribution is 7.87. The van der Waals surface area contributed by atoms with Gasteiger partial charge in [-0.15, -0.1) is 0 Å². The van der Waals surface area contributed by atoms with Crippen molar-refractivity contribution in [3.8, 4) is 5.75 Å². The van der Waals surface area contributed by atoms with E-state index in [0.29, 0.717) is 28.8 Å². The molecule has 0 atom stereocenters. The Balaban J connectivity index is 1.88. The monoisotopic (exact) mass is 389 g/mol. The Morgan fingerprint density at radius 1 is 1.12 bits per heavy atom. The first-order valence-corrected chi connectivity index (χ1v) is 9.71. The standard InChI is InChI=1S/C19H16ClNO4S/c1-13(22)4-5-14-6-8-15(9-7-14)25-26(23,24)18-11-10-17(20)19-16(18)3-2-12-21-19/h2-3,6-12H,4-5H2,1H3. The van der Waals surface area contributed by atoms with Gasteiger partial charge in [-0.25, -0.2) is 0 Å². The number of hydrogen-bond acceptors (Lipinski definition) is 5. The fraction of sp³-hybridized carbons (Fsp3) is 0.158. The maximum atomic E-state index is 12.7. The fourth-order valence-electron chi connectivity index (χ4n) is 2.53. The first-order valence-electron chi connectivity index (χ1n) is 7.93. The second kappa shape index (κ2) is 7.43. The molecule has 134 valence electrons. The highest BCUT2D eigenvalue weighted by Crippen LogP contribution is 2.29. The van der Waals surface area contributed by atoms with E-state index in [9.17, 15) is 13.2 Å². The van der Waals surface area contributed by atoms with Gasteiger partial charge < -0.3 is 8.98 Å². The number of nitrogens with zero attached hydrogens (tertiary/aromatic N) is 1. The van der Waals surface area contributed by atoms with Crippen LogP contribution in [-0.4, -0.2) is 19.2 Å². The lowest BCUT2D eigenvalue weighted by atomic mass is 10.1. The molecule has 0 N–H and O–H groups in total. The van der Waals surface area contributed by atoms with Crippen LogP contribution in [0.5, 0.6) is 5.75 Å². The Hall–Kier alpha value is -2.44. The number of Topliss-reactive ketones (excluding diaryl/α,β-unsaturated/α-hetero) is 1. The maximum Gasteiger partial charge on any atom is 0.339 e. The Labute approximate surface area is 156 Å². The van der Waals surface area contributed by atoms with E-state index in [1.807, 2.05) is 0 Å². The highest BCUT2D eigenvalue weighted by atomic mass is 35.5. The van der Waals surface area contributed by atoms with Gasteiger partial charge in [0.15, 0.2) is 0 Å². The summed E-state index contributed by atoms with van der Waals surface area (Å²) in [5, 5.41) is 0.771. The molecule has 5 nitrogen and oxygen atoms in total. The Bertz CT molecular complexity index is 1060. The van der Waals surface area contributed by atoms with Crippen LogP contribution in [0.3, 0.4) is 0 Å². The molecule has 0 aliphatic heterocycles. The predicted octanol–water partition coefficient (Wildman–Crippen LogP) is 4.18. The van der Waals surface area contributed by atoms with E-state index in [4.69, 9.17) is 15.8 Å². The molecule has 0 unspecified atom stereocenters. The van der Waals surface area contributed by atoms with Crippen LogP contribution in [0, 0.1) is 0 Å². The lowest BCUT2D eigenvalue weighted by Crippen LogP contribution is -2.10. The molecular weight excluding hydrogens is 374 g/mol. The zero-order valence-corrected chi connectivity index (χ0v) is 15.5. The van der Waals surface area contributed by atoms with Gasteiger partial charge in [0.05, 0.1) is 10.5 Å². The molecular formula is C19H16ClNO4S. The molecule has 0 saturated heterocycles. The second-order valence-corrected chi connectivity index (χ2v) is 7.75. The molecule has 1 heterocycles. The number of ketones is 1. The van der Waals surface area contributed by atoms with Crippen LogP contribution in [0.1, 0.15) is 18.9 Å². The van der Waals surface area contributed by atoms with Gasteiger partial charge >= 0.3 is 10.1 Å². The van der Waals surface area contributed by atoms with E-state index in [2.05, 4.69) is 4.98 Å². The van der Waals surface area contributed by atoms with Gasteiger partial charge in [0, 0.05) is 18.0 Å². The number of aromatic nitrogens is 1. The van der Waals surface area contributed by atoms with Crippen molar-refractivity contribution < 1.29 is 17.4 Å². The number of halogens is 1. The quantitative estimate of drug-likeness (QED) is 0.591. The van der Waals surface area contributed by atoms with Gasteiger partial charge in [-0.05, 0) is 55.3 Å². The number of fused-ring (bicyclic) bond motifs is 1. The number of hydrogen-bond donors (Lipinski definition) is 0. The molecule has 2 aromatic carbocycles. The van der Waals surface area contributed by atoms with Crippen molar-refractivity contribution in [2.45, 2.75) is 24.7 Å². The van der Waals surface area contributed by atoms with Crippen molar-refractivity contribution in [3.05, 3.63) is 65.3 Å². The van der Waals surface area contributed by atoms with E-state index < -0.39 is 10.1 Å². The summed E-state index contributed by atoms with van der Waals surface area (Å²) < 4.78 is 30.6. The normalized spacial score (nSPS) is 11.5. The first-order chi connectivity index (χ1) is 12.4. The van der Waals surface area contributed by atoms with Crippen LogP contribution in [-0.2, 0) is 21.3 Å². The van der Waals surface area contributed by atoms with Crippen LogP contribution in [0.15, 0.2) is 59.6 Å². The van der Waals surface area contributed by atoms with Crippen LogP contribution >= 0.6 is 11.6 Å². The molecule has 0 aliphatic carbocycles. The van der Waals surface area contributed by atoms with Gasteiger partial charge in [-0.1, -0.05) is 23.7 Å². The molecule has 3 rings (SSSR count). The zero-order chi connectivity index (χ0) is 18.7. The molecule has 0 spiro atoms. The highest BCUT2D eigenvalue weighted by Gasteiger charge is 2.21. The summed E-state index contributed by atoms with van der Waals surface area (Å²) in [5.74, 6) is 0.305. The maximum absolute atomic E-state index is 12.7. The van der Waals surface area contributed by atoms with Gasteiger partial charge in [0.25, 0.3) is 0 Å². The summed E-state index contributed by atoms with van der Waals surface area (Å²) in [7, 11) is -4.05. The third kappa shape index (κ3) is 4.03. The zero-order valence-electron chi connectivity index (χ0n) is 14.0. The van der Waals surface area contributed by atoms with Crippen LogP contribution in [0.4, 0.5) is 0 Å². The van der Waals surface area contributed by atoms with E-state index in [1.54, 1.807) is 42.6 Å². The van der Waals surface area contributed by atoms with E-state index in [0.717, 1.165) is 5.56 Å². The van der Waals surface area contributed by atoms with Crippen molar-refractivity contribution in [2.75, 3.05) is 0 Å². The Morgan fingerprint density at radius 2 is 1.85 bits per heavy atom. The molecule has 0 amide bonds. The third-order valence-electron chi connectivity index (χ3n) is 3.84. The summed E-state index contributed by atoms with van der Waals surface area (Å²) in [5.41, 5.74) is 1.34. The first kappa shape index (κ1) is 18.4. The fourth-order valence-corrected chi connectivity index (χ4v) is 3.87. The van der Waals surface area contributed by atoms with Crippen LogP contribution in [0.2, 0.25) is 5.02 Å². The average Bonchev–Trinajstić information content (AvgIpc) is 2.61. The minimum Gasteiger partial charge on any atom is -0.379 e. The second-order valence-electron chi connectivity index (χ2n) is 5.83. The lowest BCUT2D eigenvalue weighted by Gasteiger charge is -2.10. The van der Waals surface area contributed by atoms with Crippen molar-refractivity contribution in [1.29, 1.82) is 0 Å². The number of aryl methyl sites for hydroxylation is 1. The molecule has 0 bridgehead atoms. The van der Waals surface area contributed by atoms with E-state index >= 15 is 0 Å². The molecule has 0 radical (unpaired) electrons. The smallest absolute Gasteiger partial charge is 0.339 e. The van der Waals surface area contributed by atoms with Crippen LogP contribution in [0.25, 0.3) is 10.9 Å². The Morgan fingerprint density at radius 3 is 2.54 bits per heavy atom. The molecule has 0 saturated carbocycles. The topological polar surface area (TPSA) is 73.3 Å². The largest absolute Gasteiger partial charge is 0.379 e. The van der Waals surface area contributed by atoms with E-state index in [1.165, 1.54) is 19.1 Å². The summed E-state index contributed by atoms with van der Waals surface area (Å²) in [6.45, 7) is 1.54. The van der Waals surface area contributed by atoms with Gasteiger partial charge in [-0.2, -0.15) is 8.42 Å². The molecule has 0 aliphatic rings. The minimum atomic E-state index is -4.05. The lowest BCUT2D eigenvalue weighted by molar-refractivity contribution is -0.116. The SMILES string of the molecule is CC(=O)CCc1ccc(OS(=O)(=O)c2ccc(Cl)c3ncccc23)cc1. The number of carbonyl (C=O) groups is 1. The van der Waals surface area contributed by atoms with Crippen molar-refractivity contribution in [2.24, 2.45) is 0 Å². The third-order valence-corrected chi connectivity index (χ3v) is 5.46. The molecule has 3 aromatic rings. The van der Waals surface area contributed by atoms with Gasteiger partial charge in [-0.3, -0.25) is 4.98 Å². The molecule has 26 heavy (non-hydrogen) atoms. The number of benzene rings is 2. The van der Waals surface area contributed by atoms with Crippen LogP contribution < -0.4 is 4.18 Å².